The summed E-state index contributed by atoms with van der Waals surface area (Å²) in [5.41, 5.74) is 0.886. The standard InChI is InChI=1S/C16H20N4O3/c1-16(2)10-20(8-11(23-16)9-22-3)15(21)14-17-12-6-4-5-7-13(12)18-19-14/h4-7,11H,8-10H2,1-3H3/t11-/m1/s1. The molecule has 23 heavy (non-hydrogen) atoms. The highest BCUT2D eigenvalue weighted by Crippen LogP contribution is 2.22. The van der Waals surface area contributed by atoms with Crippen LogP contribution in [0.3, 0.4) is 0 Å². The quantitative estimate of drug-likeness (QED) is 0.849. The van der Waals surface area contributed by atoms with E-state index in [4.69, 9.17) is 9.47 Å². The van der Waals surface area contributed by atoms with Crippen LogP contribution < -0.4 is 0 Å². The Labute approximate surface area is 134 Å². The molecule has 1 amide bonds. The lowest BCUT2D eigenvalue weighted by Gasteiger charge is -2.42. The maximum Gasteiger partial charge on any atom is 0.293 e. The molecular formula is C16H20N4O3. The molecule has 0 spiro atoms. The third kappa shape index (κ3) is 3.46. The van der Waals surface area contributed by atoms with Gasteiger partial charge in [0.2, 0.25) is 5.82 Å². The molecule has 1 aromatic heterocycles. The highest BCUT2D eigenvalue weighted by atomic mass is 16.5. The van der Waals surface area contributed by atoms with E-state index in [-0.39, 0.29) is 17.8 Å². The van der Waals surface area contributed by atoms with Crippen LogP contribution in [0.1, 0.15) is 24.5 Å². The van der Waals surface area contributed by atoms with Gasteiger partial charge in [0.25, 0.3) is 5.91 Å². The first-order valence-electron chi connectivity index (χ1n) is 7.54. The van der Waals surface area contributed by atoms with Crippen LogP contribution in [0, 0.1) is 0 Å². The van der Waals surface area contributed by atoms with E-state index in [1.807, 2.05) is 38.1 Å². The second kappa shape index (κ2) is 6.17. The summed E-state index contributed by atoms with van der Waals surface area (Å²) < 4.78 is 11.1. The molecule has 1 fully saturated rings. The van der Waals surface area contributed by atoms with Crippen molar-refractivity contribution in [3.05, 3.63) is 30.1 Å². The minimum Gasteiger partial charge on any atom is -0.382 e. The zero-order valence-electron chi connectivity index (χ0n) is 13.5. The number of hydrogen-bond donors (Lipinski definition) is 0. The van der Waals surface area contributed by atoms with Crippen LogP contribution in [0.15, 0.2) is 24.3 Å². The van der Waals surface area contributed by atoms with Crippen molar-refractivity contribution < 1.29 is 14.3 Å². The van der Waals surface area contributed by atoms with Crippen LogP contribution in [0.4, 0.5) is 0 Å². The first-order chi connectivity index (χ1) is 11.0. The van der Waals surface area contributed by atoms with Crippen LogP contribution in [-0.4, -0.2) is 64.5 Å². The minimum atomic E-state index is -0.443. The zero-order chi connectivity index (χ0) is 16.4. The second-order valence-corrected chi connectivity index (χ2v) is 6.26. The monoisotopic (exact) mass is 316 g/mol. The lowest BCUT2D eigenvalue weighted by molar-refractivity contribution is -0.143. The molecule has 0 bridgehead atoms. The number of para-hydroxylation sites is 1. The van der Waals surface area contributed by atoms with Crippen molar-refractivity contribution in [2.24, 2.45) is 0 Å². The Balaban J connectivity index is 1.85. The number of ether oxygens (including phenoxy) is 2. The first-order valence-corrected chi connectivity index (χ1v) is 7.54. The summed E-state index contributed by atoms with van der Waals surface area (Å²) in [5, 5.41) is 8.05. The Morgan fingerprint density at radius 2 is 2.09 bits per heavy atom. The summed E-state index contributed by atoms with van der Waals surface area (Å²) in [6.45, 7) is 5.27. The van der Waals surface area contributed by atoms with Crippen LogP contribution in [0.5, 0.6) is 0 Å². The molecule has 0 unspecified atom stereocenters. The number of methoxy groups -OCH3 is 1. The van der Waals surface area contributed by atoms with Gasteiger partial charge in [-0.15, -0.1) is 10.2 Å². The lowest BCUT2D eigenvalue weighted by Crippen LogP contribution is -2.56. The first kappa shape index (κ1) is 15.8. The summed E-state index contributed by atoms with van der Waals surface area (Å²) in [6, 6.07) is 7.35. The molecule has 1 atom stereocenters. The normalized spacial score (nSPS) is 20.7. The molecular weight excluding hydrogens is 296 g/mol. The fraction of sp³-hybridized carbons (Fsp3) is 0.500. The number of carbonyl (C=O) groups is 1. The van der Waals surface area contributed by atoms with Crippen LogP contribution in [-0.2, 0) is 9.47 Å². The van der Waals surface area contributed by atoms with Gasteiger partial charge in [-0.05, 0) is 26.0 Å². The Morgan fingerprint density at radius 3 is 2.83 bits per heavy atom. The lowest BCUT2D eigenvalue weighted by atomic mass is 10.1. The van der Waals surface area contributed by atoms with Crippen molar-refractivity contribution in [2.45, 2.75) is 25.6 Å². The second-order valence-electron chi connectivity index (χ2n) is 6.26. The molecule has 3 rings (SSSR count). The summed E-state index contributed by atoms with van der Waals surface area (Å²) in [4.78, 5) is 18.8. The molecule has 7 heteroatoms. The van der Waals surface area contributed by atoms with E-state index in [1.54, 1.807) is 12.0 Å². The third-order valence-corrected chi connectivity index (χ3v) is 3.67. The average Bonchev–Trinajstić information content (AvgIpc) is 2.52. The summed E-state index contributed by atoms with van der Waals surface area (Å²) >= 11 is 0. The molecule has 0 saturated carbocycles. The number of amides is 1. The SMILES string of the molecule is COC[C@H]1CN(C(=O)c2nnc3ccccc3n2)CC(C)(C)O1. The van der Waals surface area contributed by atoms with Gasteiger partial charge in [0.15, 0.2) is 0 Å². The predicted octanol–water partition coefficient (Wildman–Crippen LogP) is 1.29. The van der Waals surface area contributed by atoms with Gasteiger partial charge in [-0.25, -0.2) is 4.98 Å². The molecule has 2 heterocycles. The number of nitrogens with zero attached hydrogens (tertiary/aromatic N) is 4. The van der Waals surface area contributed by atoms with E-state index in [0.29, 0.717) is 30.7 Å². The number of morpholine rings is 1. The van der Waals surface area contributed by atoms with Gasteiger partial charge in [-0.2, -0.15) is 0 Å². The minimum absolute atomic E-state index is 0.109. The van der Waals surface area contributed by atoms with E-state index in [1.165, 1.54) is 0 Å². The van der Waals surface area contributed by atoms with Gasteiger partial charge in [-0.3, -0.25) is 4.79 Å². The highest BCUT2D eigenvalue weighted by Gasteiger charge is 2.36. The molecule has 122 valence electrons. The van der Waals surface area contributed by atoms with Crippen molar-refractivity contribution in [1.29, 1.82) is 0 Å². The fourth-order valence-corrected chi connectivity index (χ4v) is 2.84. The topological polar surface area (TPSA) is 77.4 Å². The fourth-order valence-electron chi connectivity index (χ4n) is 2.84. The van der Waals surface area contributed by atoms with E-state index in [0.717, 1.165) is 0 Å². The number of hydrogen-bond acceptors (Lipinski definition) is 6. The van der Waals surface area contributed by atoms with Crippen molar-refractivity contribution in [3.8, 4) is 0 Å². The van der Waals surface area contributed by atoms with Gasteiger partial charge in [-0.1, -0.05) is 12.1 Å². The predicted molar refractivity (Wildman–Crippen MR) is 84.1 cm³/mol. The number of carbonyl (C=O) groups excluding carboxylic acids is 1. The third-order valence-electron chi connectivity index (χ3n) is 3.67. The molecule has 0 aliphatic carbocycles. The Kier molecular flexibility index (Phi) is 4.23. The molecule has 2 aromatic rings. The van der Waals surface area contributed by atoms with Crippen molar-refractivity contribution in [1.82, 2.24) is 20.1 Å². The molecule has 0 radical (unpaired) electrons. The molecule has 1 aliphatic rings. The smallest absolute Gasteiger partial charge is 0.293 e. The summed E-state index contributed by atoms with van der Waals surface area (Å²) in [5.74, 6) is -0.127. The van der Waals surface area contributed by atoms with E-state index in [9.17, 15) is 4.79 Å². The Morgan fingerprint density at radius 1 is 1.35 bits per heavy atom. The maximum atomic E-state index is 12.7. The van der Waals surface area contributed by atoms with Gasteiger partial charge in [0.1, 0.15) is 5.52 Å². The van der Waals surface area contributed by atoms with Crippen LogP contribution in [0.25, 0.3) is 11.0 Å². The summed E-state index contributed by atoms with van der Waals surface area (Å²) in [6.07, 6.45) is -0.166. The molecule has 1 saturated heterocycles. The Hall–Kier alpha value is -2.12. The number of fused-ring (bicyclic) bond motifs is 1. The largest absolute Gasteiger partial charge is 0.382 e. The number of aromatic nitrogens is 3. The van der Waals surface area contributed by atoms with Crippen molar-refractivity contribution >= 4 is 16.9 Å². The van der Waals surface area contributed by atoms with Crippen LogP contribution >= 0.6 is 0 Å². The van der Waals surface area contributed by atoms with E-state index >= 15 is 0 Å². The van der Waals surface area contributed by atoms with Crippen LogP contribution in [0.2, 0.25) is 0 Å². The highest BCUT2D eigenvalue weighted by molar-refractivity contribution is 5.92. The average molecular weight is 316 g/mol. The van der Waals surface area contributed by atoms with Gasteiger partial charge >= 0.3 is 0 Å². The molecule has 1 aliphatic heterocycles. The number of rotatable bonds is 3. The molecule has 7 nitrogen and oxygen atoms in total. The Bertz CT molecular complexity index is 719. The number of benzene rings is 1. The maximum absolute atomic E-state index is 12.7. The van der Waals surface area contributed by atoms with E-state index in [2.05, 4.69) is 15.2 Å². The van der Waals surface area contributed by atoms with Crippen molar-refractivity contribution in [3.63, 3.8) is 0 Å². The zero-order valence-corrected chi connectivity index (χ0v) is 13.5. The van der Waals surface area contributed by atoms with Gasteiger partial charge in [0, 0.05) is 20.2 Å². The molecule has 0 N–H and O–H groups in total. The summed E-state index contributed by atoms with van der Waals surface area (Å²) in [7, 11) is 1.62. The van der Waals surface area contributed by atoms with Gasteiger partial charge in [0.05, 0.1) is 23.8 Å². The van der Waals surface area contributed by atoms with E-state index < -0.39 is 5.60 Å². The van der Waals surface area contributed by atoms with Gasteiger partial charge < -0.3 is 14.4 Å². The molecule has 1 aromatic carbocycles. The van der Waals surface area contributed by atoms with Crippen molar-refractivity contribution in [2.75, 3.05) is 26.8 Å².